The first-order valence-electron chi connectivity index (χ1n) is 5.83. The number of nitrogens with two attached hydrogens (primary N) is 1. The molecule has 2 unspecified atom stereocenters. The van der Waals surface area contributed by atoms with E-state index in [1.54, 1.807) is 0 Å². The topological polar surface area (TPSA) is 43.1 Å². The summed E-state index contributed by atoms with van der Waals surface area (Å²) in [6.07, 6.45) is 2.54. The molecule has 1 aliphatic carbocycles. The van der Waals surface area contributed by atoms with Crippen LogP contribution in [0.4, 0.5) is 8.78 Å². The first kappa shape index (κ1) is 12.2. The Kier molecular flexibility index (Phi) is 3.52. The fraction of sp³-hybridized carbons (Fsp3) is 0.462. The Labute approximate surface area is 98.8 Å². The monoisotopic (exact) mass is 239 g/mol. The molecular formula is C13H15F2NO. The number of ketones is 1. The maximum absolute atomic E-state index is 13.5. The van der Waals surface area contributed by atoms with E-state index < -0.39 is 11.6 Å². The lowest BCUT2D eigenvalue weighted by atomic mass is 9.88. The molecule has 1 aromatic carbocycles. The van der Waals surface area contributed by atoms with Crippen LogP contribution in [0.3, 0.4) is 0 Å². The van der Waals surface area contributed by atoms with Crippen LogP contribution < -0.4 is 5.73 Å². The van der Waals surface area contributed by atoms with E-state index in [-0.39, 0.29) is 23.2 Å². The minimum atomic E-state index is -0.654. The molecule has 1 aromatic rings. The lowest BCUT2D eigenvalue weighted by Crippen LogP contribution is -2.25. The Balaban J connectivity index is 2.27. The first-order chi connectivity index (χ1) is 8.13. The van der Waals surface area contributed by atoms with Crippen molar-refractivity contribution in [2.45, 2.75) is 19.3 Å². The molecule has 0 amide bonds. The van der Waals surface area contributed by atoms with Gasteiger partial charge < -0.3 is 5.73 Å². The van der Waals surface area contributed by atoms with Gasteiger partial charge in [-0.15, -0.1) is 0 Å². The largest absolute Gasteiger partial charge is 0.330 e. The van der Waals surface area contributed by atoms with Gasteiger partial charge in [-0.2, -0.15) is 0 Å². The molecule has 0 radical (unpaired) electrons. The summed E-state index contributed by atoms with van der Waals surface area (Å²) in [7, 11) is 0. The van der Waals surface area contributed by atoms with Crippen molar-refractivity contribution >= 4 is 5.78 Å². The Morgan fingerprint density at radius 1 is 1.35 bits per heavy atom. The average molecular weight is 239 g/mol. The average Bonchev–Trinajstić information content (AvgIpc) is 2.79. The lowest BCUT2D eigenvalue weighted by Gasteiger charge is -2.16. The summed E-state index contributed by atoms with van der Waals surface area (Å²) < 4.78 is 26.5. The van der Waals surface area contributed by atoms with Crippen molar-refractivity contribution in [3.8, 4) is 0 Å². The van der Waals surface area contributed by atoms with Crippen LogP contribution >= 0.6 is 0 Å². The van der Waals surface area contributed by atoms with Crippen LogP contribution in [-0.4, -0.2) is 12.3 Å². The highest BCUT2D eigenvalue weighted by atomic mass is 19.1. The maximum Gasteiger partial charge on any atom is 0.169 e. The smallest absolute Gasteiger partial charge is 0.169 e. The second-order valence-corrected chi connectivity index (χ2v) is 4.52. The standard InChI is InChI=1S/C13H15F2NO/c14-9-4-5-12(15)11(6-9)13(17)10-3-1-2-8(10)7-16/h4-6,8,10H,1-3,7,16H2. The molecule has 2 rings (SSSR count). The molecule has 2 atom stereocenters. The van der Waals surface area contributed by atoms with Gasteiger partial charge in [-0.25, -0.2) is 8.78 Å². The van der Waals surface area contributed by atoms with Gasteiger partial charge in [0.05, 0.1) is 5.56 Å². The molecule has 1 saturated carbocycles. The molecule has 0 saturated heterocycles. The molecule has 4 heteroatoms. The van der Waals surface area contributed by atoms with Crippen LogP contribution in [0, 0.1) is 23.5 Å². The Morgan fingerprint density at radius 2 is 2.12 bits per heavy atom. The van der Waals surface area contributed by atoms with Crippen molar-refractivity contribution in [3.63, 3.8) is 0 Å². The second-order valence-electron chi connectivity index (χ2n) is 4.52. The zero-order valence-electron chi connectivity index (χ0n) is 9.46. The van der Waals surface area contributed by atoms with E-state index in [1.165, 1.54) is 0 Å². The minimum Gasteiger partial charge on any atom is -0.330 e. The fourth-order valence-corrected chi connectivity index (χ4v) is 2.55. The van der Waals surface area contributed by atoms with Gasteiger partial charge in [-0.05, 0) is 43.5 Å². The normalized spacial score (nSPS) is 23.9. The van der Waals surface area contributed by atoms with Crippen LogP contribution in [0.15, 0.2) is 18.2 Å². The van der Waals surface area contributed by atoms with Crippen molar-refractivity contribution in [1.82, 2.24) is 0 Å². The molecule has 2 nitrogen and oxygen atoms in total. The molecule has 0 spiro atoms. The van der Waals surface area contributed by atoms with Gasteiger partial charge in [-0.1, -0.05) is 6.42 Å². The van der Waals surface area contributed by atoms with Gasteiger partial charge in [0.25, 0.3) is 0 Å². The molecule has 17 heavy (non-hydrogen) atoms. The summed E-state index contributed by atoms with van der Waals surface area (Å²) in [5.41, 5.74) is 5.44. The summed E-state index contributed by atoms with van der Waals surface area (Å²) in [6.45, 7) is 0.424. The second kappa shape index (κ2) is 4.92. The van der Waals surface area contributed by atoms with Crippen LogP contribution in [0.25, 0.3) is 0 Å². The van der Waals surface area contributed by atoms with Crippen molar-refractivity contribution in [3.05, 3.63) is 35.4 Å². The predicted molar refractivity (Wildman–Crippen MR) is 60.6 cm³/mol. The SMILES string of the molecule is NCC1CCCC1C(=O)c1cc(F)ccc1F. The number of Topliss-reactive ketones (excluding diaryl/α,β-unsaturated/α-hetero) is 1. The molecule has 0 heterocycles. The zero-order valence-corrected chi connectivity index (χ0v) is 9.46. The molecular weight excluding hydrogens is 224 g/mol. The van der Waals surface area contributed by atoms with E-state index in [0.29, 0.717) is 6.54 Å². The van der Waals surface area contributed by atoms with Crippen molar-refractivity contribution in [1.29, 1.82) is 0 Å². The summed E-state index contributed by atoms with van der Waals surface area (Å²) in [4.78, 5) is 12.1. The van der Waals surface area contributed by atoms with Crippen LogP contribution in [0.1, 0.15) is 29.6 Å². The van der Waals surface area contributed by atoms with Gasteiger partial charge in [0.2, 0.25) is 0 Å². The van der Waals surface area contributed by atoms with Crippen molar-refractivity contribution < 1.29 is 13.6 Å². The van der Waals surface area contributed by atoms with Gasteiger partial charge in [-0.3, -0.25) is 4.79 Å². The van der Waals surface area contributed by atoms with E-state index >= 15 is 0 Å². The maximum atomic E-state index is 13.5. The summed E-state index contributed by atoms with van der Waals surface area (Å²) in [5.74, 6) is -1.70. The number of carbonyl (C=O) groups is 1. The van der Waals surface area contributed by atoms with Crippen molar-refractivity contribution in [2.24, 2.45) is 17.6 Å². The molecule has 0 bridgehead atoms. The van der Waals surface area contributed by atoms with Crippen LogP contribution in [-0.2, 0) is 0 Å². The number of carbonyl (C=O) groups excluding carboxylic acids is 1. The van der Waals surface area contributed by atoms with E-state index in [1.807, 2.05) is 0 Å². The fourth-order valence-electron chi connectivity index (χ4n) is 2.55. The number of halogens is 2. The van der Waals surface area contributed by atoms with Gasteiger partial charge >= 0.3 is 0 Å². The summed E-state index contributed by atoms with van der Waals surface area (Å²) in [6, 6.07) is 2.99. The highest BCUT2D eigenvalue weighted by molar-refractivity contribution is 5.98. The van der Waals surface area contributed by atoms with Crippen LogP contribution in [0.5, 0.6) is 0 Å². The number of hydrogen-bond acceptors (Lipinski definition) is 2. The summed E-state index contributed by atoms with van der Waals surface area (Å²) in [5, 5.41) is 0. The highest BCUT2D eigenvalue weighted by Crippen LogP contribution is 2.34. The first-order valence-corrected chi connectivity index (χ1v) is 5.83. The number of benzene rings is 1. The predicted octanol–water partition coefficient (Wildman–Crippen LogP) is 2.52. The van der Waals surface area contributed by atoms with E-state index in [0.717, 1.165) is 37.5 Å². The zero-order chi connectivity index (χ0) is 12.4. The highest BCUT2D eigenvalue weighted by Gasteiger charge is 2.33. The van der Waals surface area contributed by atoms with E-state index in [9.17, 15) is 13.6 Å². The Bertz CT molecular complexity index is 433. The third-order valence-electron chi connectivity index (χ3n) is 3.49. The van der Waals surface area contributed by atoms with E-state index in [4.69, 9.17) is 5.73 Å². The molecule has 0 aliphatic heterocycles. The van der Waals surface area contributed by atoms with Crippen LogP contribution in [0.2, 0.25) is 0 Å². The van der Waals surface area contributed by atoms with Gasteiger partial charge in [0.1, 0.15) is 11.6 Å². The minimum absolute atomic E-state index is 0.102. The summed E-state index contributed by atoms with van der Waals surface area (Å²) >= 11 is 0. The molecule has 92 valence electrons. The third-order valence-corrected chi connectivity index (χ3v) is 3.49. The lowest BCUT2D eigenvalue weighted by molar-refractivity contribution is 0.0888. The van der Waals surface area contributed by atoms with Gasteiger partial charge in [0, 0.05) is 5.92 Å². The number of hydrogen-bond donors (Lipinski definition) is 1. The Morgan fingerprint density at radius 3 is 2.82 bits per heavy atom. The van der Waals surface area contributed by atoms with Crippen molar-refractivity contribution in [2.75, 3.05) is 6.54 Å². The molecule has 2 N–H and O–H groups in total. The third kappa shape index (κ3) is 2.36. The van der Waals surface area contributed by atoms with E-state index in [2.05, 4.69) is 0 Å². The molecule has 0 aromatic heterocycles. The number of rotatable bonds is 3. The van der Waals surface area contributed by atoms with Gasteiger partial charge in [0.15, 0.2) is 5.78 Å². The quantitative estimate of drug-likeness (QED) is 0.823. The molecule has 1 aliphatic rings. The Hall–Kier alpha value is -1.29. The molecule has 1 fully saturated rings.